The van der Waals surface area contributed by atoms with Gasteiger partial charge in [-0.25, -0.2) is 0 Å². The highest BCUT2D eigenvalue weighted by Crippen LogP contribution is 2.66. The summed E-state index contributed by atoms with van der Waals surface area (Å²) in [7, 11) is 0. The predicted molar refractivity (Wildman–Crippen MR) is 112 cm³/mol. The molecule has 2 saturated heterocycles. The van der Waals surface area contributed by atoms with Crippen LogP contribution in [0.3, 0.4) is 0 Å². The number of hydrogen-bond acceptors (Lipinski definition) is 5. The van der Waals surface area contributed by atoms with Crippen LogP contribution in [0.15, 0.2) is 22.8 Å². The first-order valence-corrected chi connectivity index (χ1v) is 12.0. The summed E-state index contributed by atoms with van der Waals surface area (Å²) in [5, 5.41) is 12.0. The Bertz CT molecular complexity index is 802. The summed E-state index contributed by atoms with van der Waals surface area (Å²) in [5.74, 6) is 0.288. The lowest BCUT2D eigenvalue weighted by Crippen LogP contribution is -2.62. The van der Waals surface area contributed by atoms with Crippen molar-refractivity contribution < 1.29 is 24.1 Å². The van der Waals surface area contributed by atoms with Crippen molar-refractivity contribution in [1.29, 1.82) is 0 Å². The zero-order chi connectivity index (χ0) is 20.8. The molecule has 1 N–H and O–H groups in total. The zero-order valence-electron chi connectivity index (χ0n) is 18.7. The Morgan fingerprint density at radius 3 is 2.43 bits per heavy atom. The molecule has 2 aliphatic heterocycles. The third-order valence-corrected chi connectivity index (χ3v) is 9.77. The molecule has 0 amide bonds. The van der Waals surface area contributed by atoms with Gasteiger partial charge in [0.05, 0.1) is 26.4 Å². The molecule has 30 heavy (non-hydrogen) atoms. The maximum atomic E-state index is 12.0. The second-order valence-electron chi connectivity index (χ2n) is 11.0. The topological polar surface area (TPSA) is 57.2 Å². The van der Waals surface area contributed by atoms with Gasteiger partial charge >= 0.3 is 0 Å². The summed E-state index contributed by atoms with van der Waals surface area (Å²) >= 11 is 0. The Kier molecular flexibility index (Phi) is 4.26. The second kappa shape index (κ2) is 6.41. The lowest BCUT2D eigenvalue weighted by atomic mass is 9.54. The number of hydrogen-bond donors (Lipinski definition) is 1. The number of rotatable bonds is 1. The van der Waals surface area contributed by atoms with Crippen LogP contribution in [0.2, 0.25) is 0 Å². The molecule has 0 aromatic heterocycles. The molecule has 0 bridgehead atoms. The molecule has 5 nitrogen and oxygen atoms in total. The average molecular weight is 417 g/mol. The SMILES string of the molecule is C[C@H]1C[C@@H]2C(=CC[C@@]3(C)[C@H]2CC[C@]3(O)C2(C)OCCO2)C2=C1CC1(CC2)OCCO1. The third-order valence-electron chi connectivity index (χ3n) is 9.77. The van der Waals surface area contributed by atoms with Gasteiger partial charge in [-0.2, -0.15) is 0 Å². The minimum absolute atomic E-state index is 0.217. The van der Waals surface area contributed by atoms with E-state index in [9.17, 15) is 5.11 Å². The van der Waals surface area contributed by atoms with Crippen molar-refractivity contribution in [1.82, 2.24) is 0 Å². The maximum absolute atomic E-state index is 12.0. The summed E-state index contributed by atoms with van der Waals surface area (Å²) in [6.07, 6.45) is 9.27. The predicted octanol–water partition coefficient (Wildman–Crippen LogP) is 4.11. The van der Waals surface area contributed by atoms with Crippen LogP contribution in [-0.2, 0) is 18.9 Å². The van der Waals surface area contributed by atoms with Crippen molar-refractivity contribution >= 4 is 0 Å². The van der Waals surface area contributed by atoms with E-state index in [1.807, 2.05) is 6.92 Å². The van der Waals surface area contributed by atoms with Crippen LogP contribution < -0.4 is 0 Å². The second-order valence-corrected chi connectivity index (χ2v) is 11.0. The Balaban J connectivity index is 1.36. The zero-order valence-corrected chi connectivity index (χ0v) is 18.7. The van der Waals surface area contributed by atoms with E-state index >= 15 is 0 Å². The summed E-state index contributed by atoms with van der Waals surface area (Å²) in [5.41, 5.74) is 3.56. The summed E-state index contributed by atoms with van der Waals surface area (Å²) < 4.78 is 24.1. The molecule has 3 fully saturated rings. The van der Waals surface area contributed by atoms with Gasteiger partial charge in [0.2, 0.25) is 0 Å². The first-order valence-electron chi connectivity index (χ1n) is 12.0. The lowest BCUT2D eigenvalue weighted by molar-refractivity contribution is -0.293. The first-order chi connectivity index (χ1) is 14.3. The largest absolute Gasteiger partial charge is 0.384 e. The van der Waals surface area contributed by atoms with Gasteiger partial charge in [0.1, 0.15) is 5.60 Å². The number of aliphatic hydroxyl groups is 1. The molecule has 5 heteroatoms. The lowest BCUT2D eigenvalue weighted by Gasteiger charge is -2.55. The first kappa shape index (κ1) is 19.9. The van der Waals surface area contributed by atoms with E-state index in [0.29, 0.717) is 31.0 Å². The van der Waals surface area contributed by atoms with Crippen LogP contribution in [0.1, 0.15) is 65.7 Å². The summed E-state index contributed by atoms with van der Waals surface area (Å²) in [6, 6.07) is 0. The molecule has 0 unspecified atom stereocenters. The fraction of sp³-hybridized carbons (Fsp3) is 0.840. The van der Waals surface area contributed by atoms with Gasteiger partial charge in [-0.05, 0) is 67.9 Å². The van der Waals surface area contributed by atoms with E-state index in [4.69, 9.17) is 18.9 Å². The van der Waals surface area contributed by atoms with Crippen LogP contribution in [0, 0.1) is 23.2 Å². The van der Waals surface area contributed by atoms with Gasteiger partial charge < -0.3 is 24.1 Å². The van der Waals surface area contributed by atoms with Crippen molar-refractivity contribution in [2.24, 2.45) is 23.2 Å². The Morgan fingerprint density at radius 1 is 1.00 bits per heavy atom. The highest BCUT2D eigenvalue weighted by molar-refractivity contribution is 5.46. The fourth-order valence-corrected chi connectivity index (χ4v) is 8.10. The summed E-state index contributed by atoms with van der Waals surface area (Å²) in [4.78, 5) is 0. The van der Waals surface area contributed by atoms with E-state index in [1.165, 1.54) is 0 Å². The van der Waals surface area contributed by atoms with Gasteiger partial charge in [-0.15, -0.1) is 0 Å². The molecule has 166 valence electrons. The van der Waals surface area contributed by atoms with E-state index < -0.39 is 11.4 Å². The molecule has 0 aromatic carbocycles. The monoisotopic (exact) mass is 416 g/mol. The standard InChI is InChI=1S/C25H36O5/c1-16-14-19-17(18-5-8-24(15-20(16)18)29-12-13-30-24)4-7-22(2)21(19)6-9-25(22,26)23(3)27-10-11-28-23/h4,16,19,21,26H,5-15H2,1-3H3/t16-,19+,21-,22-,25+/m0/s1. The van der Waals surface area contributed by atoms with Crippen molar-refractivity contribution in [3.63, 3.8) is 0 Å². The van der Waals surface area contributed by atoms with Crippen molar-refractivity contribution in [2.75, 3.05) is 26.4 Å². The van der Waals surface area contributed by atoms with E-state index in [0.717, 1.165) is 58.2 Å². The Morgan fingerprint density at radius 2 is 1.70 bits per heavy atom. The molecule has 1 spiro atoms. The molecule has 0 radical (unpaired) electrons. The minimum Gasteiger partial charge on any atom is -0.384 e. The van der Waals surface area contributed by atoms with Crippen LogP contribution in [0.4, 0.5) is 0 Å². The molecule has 0 aromatic rings. The highest BCUT2D eigenvalue weighted by Gasteiger charge is 2.69. The molecule has 1 saturated carbocycles. The van der Waals surface area contributed by atoms with Gasteiger partial charge in [0, 0.05) is 18.3 Å². The normalized spacial score (nSPS) is 46.5. The van der Waals surface area contributed by atoms with Crippen molar-refractivity contribution in [3.05, 3.63) is 22.8 Å². The van der Waals surface area contributed by atoms with Gasteiger partial charge in [-0.1, -0.05) is 25.5 Å². The molecule has 5 atom stereocenters. The molecule has 2 heterocycles. The van der Waals surface area contributed by atoms with E-state index in [1.54, 1.807) is 16.7 Å². The Hall–Kier alpha value is -0.720. The quantitative estimate of drug-likeness (QED) is 0.697. The molecule has 4 aliphatic carbocycles. The van der Waals surface area contributed by atoms with E-state index in [-0.39, 0.29) is 11.2 Å². The van der Waals surface area contributed by atoms with Crippen LogP contribution in [0.25, 0.3) is 0 Å². The fourth-order valence-electron chi connectivity index (χ4n) is 8.10. The Labute approximate surface area is 179 Å². The van der Waals surface area contributed by atoms with Crippen molar-refractivity contribution in [2.45, 2.75) is 82.9 Å². The van der Waals surface area contributed by atoms with Gasteiger partial charge in [0.15, 0.2) is 11.6 Å². The number of ether oxygens (including phenoxy) is 4. The smallest absolute Gasteiger partial charge is 0.195 e. The molecular weight excluding hydrogens is 380 g/mol. The number of allylic oxidation sites excluding steroid dienone is 3. The van der Waals surface area contributed by atoms with Gasteiger partial charge in [0.25, 0.3) is 0 Å². The third kappa shape index (κ3) is 2.42. The maximum Gasteiger partial charge on any atom is 0.195 e. The molecular formula is C25H36O5. The number of fused-ring (bicyclic) bond motifs is 4. The average Bonchev–Trinajstić information content (AvgIpc) is 3.43. The molecule has 6 rings (SSSR count). The molecule has 6 aliphatic rings. The van der Waals surface area contributed by atoms with E-state index in [2.05, 4.69) is 19.9 Å². The van der Waals surface area contributed by atoms with Crippen LogP contribution in [-0.4, -0.2) is 48.7 Å². The highest BCUT2D eigenvalue weighted by atomic mass is 16.8. The van der Waals surface area contributed by atoms with Crippen LogP contribution >= 0.6 is 0 Å². The summed E-state index contributed by atoms with van der Waals surface area (Å²) in [6.45, 7) is 9.23. The van der Waals surface area contributed by atoms with Crippen LogP contribution in [0.5, 0.6) is 0 Å². The minimum atomic E-state index is -0.941. The van der Waals surface area contributed by atoms with Gasteiger partial charge in [-0.3, -0.25) is 0 Å². The van der Waals surface area contributed by atoms with Crippen molar-refractivity contribution in [3.8, 4) is 0 Å².